The Morgan fingerprint density at radius 3 is 3.08 bits per heavy atom. The standard InChI is InChI=1S/C8H6BrIN2O/c1-13-8-7-5(2-3-12(7)10)6(9)4-11-8/h2-4H,1H3. The maximum Gasteiger partial charge on any atom is 0.239 e. The molecule has 0 fully saturated rings. The Bertz CT molecular complexity index is 455. The zero-order valence-electron chi connectivity index (χ0n) is 6.79. The lowest BCUT2D eigenvalue weighted by molar-refractivity contribution is 0.402. The summed E-state index contributed by atoms with van der Waals surface area (Å²) in [6.07, 6.45) is 3.72. The molecule has 0 spiro atoms. The molecular weight excluding hydrogens is 347 g/mol. The van der Waals surface area contributed by atoms with Crippen molar-refractivity contribution < 1.29 is 4.74 Å². The molecule has 0 bridgehead atoms. The van der Waals surface area contributed by atoms with Crippen LogP contribution in [0.5, 0.6) is 5.88 Å². The van der Waals surface area contributed by atoms with Gasteiger partial charge in [-0.05, 0) is 22.0 Å². The Hall–Kier alpha value is -0.300. The van der Waals surface area contributed by atoms with E-state index in [-0.39, 0.29) is 0 Å². The van der Waals surface area contributed by atoms with Crippen LogP contribution >= 0.6 is 38.8 Å². The highest BCUT2D eigenvalue weighted by atomic mass is 127. The van der Waals surface area contributed by atoms with Crippen LogP contribution in [0.2, 0.25) is 0 Å². The zero-order chi connectivity index (χ0) is 9.42. The Labute approximate surface area is 97.7 Å². The summed E-state index contributed by atoms with van der Waals surface area (Å²) < 4.78 is 8.11. The zero-order valence-corrected chi connectivity index (χ0v) is 10.5. The second-order valence-corrected chi connectivity index (χ2v) is 4.40. The third-order valence-corrected chi connectivity index (χ3v) is 3.23. The number of halogens is 2. The summed E-state index contributed by atoms with van der Waals surface area (Å²) in [5.41, 5.74) is 0.998. The Kier molecular flexibility index (Phi) is 2.46. The van der Waals surface area contributed by atoms with E-state index in [1.807, 2.05) is 15.0 Å². The van der Waals surface area contributed by atoms with Gasteiger partial charge in [-0.25, -0.2) is 4.98 Å². The van der Waals surface area contributed by atoms with Gasteiger partial charge in [0.1, 0.15) is 5.52 Å². The number of rotatable bonds is 1. The van der Waals surface area contributed by atoms with Crippen molar-refractivity contribution in [1.29, 1.82) is 0 Å². The van der Waals surface area contributed by atoms with Crippen LogP contribution in [0.3, 0.4) is 0 Å². The summed E-state index contributed by atoms with van der Waals surface area (Å²) in [6.45, 7) is 0. The number of hydrogen-bond acceptors (Lipinski definition) is 2. The average Bonchev–Trinajstić information content (AvgIpc) is 2.51. The number of hydrogen-bond donors (Lipinski definition) is 0. The molecule has 2 rings (SSSR count). The van der Waals surface area contributed by atoms with E-state index in [1.165, 1.54) is 0 Å². The number of fused-ring (bicyclic) bond motifs is 1. The molecule has 2 aromatic rings. The van der Waals surface area contributed by atoms with Crippen molar-refractivity contribution in [3.8, 4) is 5.88 Å². The highest BCUT2D eigenvalue weighted by Crippen LogP contribution is 2.31. The quantitative estimate of drug-likeness (QED) is 0.738. The van der Waals surface area contributed by atoms with Gasteiger partial charge in [-0.3, -0.25) is 2.78 Å². The molecule has 5 heteroatoms. The van der Waals surface area contributed by atoms with Crippen LogP contribution in [-0.2, 0) is 0 Å². The van der Waals surface area contributed by atoms with Crippen molar-refractivity contribution in [2.24, 2.45) is 0 Å². The molecule has 68 valence electrons. The van der Waals surface area contributed by atoms with Gasteiger partial charge in [0.25, 0.3) is 0 Å². The van der Waals surface area contributed by atoms with Crippen molar-refractivity contribution >= 4 is 49.7 Å². The lowest BCUT2D eigenvalue weighted by atomic mass is 10.3. The van der Waals surface area contributed by atoms with E-state index >= 15 is 0 Å². The lowest BCUT2D eigenvalue weighted by Gasteiger charge is -2.02. The molecule has 0 saturated carbocycles. The molecule has 0 aliphatic rings. The van der Waals surface area contributed by atoms with Gasteiger partial charge in [0, 0.05) is 22.3 Å². The van der Waals surface area contributed by atoms with Gasteiger partial charge >= 0.3 is 0 Å². The highest BCUT2D eigenvalue weighted by molar-refractivity contribution is 14.1. The predicted octanol–water partition coefficient (Wildman–Crippen LogP) is 3.01. The van der Waals surface area contributed by atoms with Crippen LogP contribution < -0.4 is 4.74 Å². The summed E-state index contributed by atoms with van der Waals surface area (Å²) >= 11 is 5.63. The minimum Gasteiger partial charge on any atom is -0.479 e. The SMILES string of the molecule is COc1ncc(Br)c2ccn(I)c12. The molecule has 0 aromatic carbocycles. The fraction of sp³-hybridized carbons (Fsp3) is 0.125. The number of pyridine rings is 1. The van der Waals surface area contributed by atoms with Gasteiger partial charge in [-0.1, -0.05) is 0 Å². The van der Waals surface area contributed by atoms with Crippen LogP contribution in [0.25, 0.3) is 10.9 Å². The van der Waals surface area contributed by atoms with Gasteiger partial charge in [0.05, 0.1) is 30.0 Å². The molecule has 0 unspecified atom stereocenters. The summed E-state index contributed by atoms with van der Waals surface area (Å²) in [4.78, 5) is 4.16. The van der Waals surface area contributed by atoms with E-state index in [2.05, 4.69) is 43.8 Å². The minimum absolute atomic E-state index is 0.651. The average molecular weight is 353 g/mol. The van der Waals surface area contributed by atoms with Crippen molar-refractivity contribution in [2.75, 3.05) is 7.11 Å². The molecule has 0 atom stereocenters. The predicted molar refractivity (Wildman–Crippen MR) is 63.4 cm³/mol. The van der Waals surface area contributed by atoms with Gasteiger partial charge in [-0.15, -0.1) is 0 Å². The third-order valence-electron chi connectivity index (χ3n) is 1.79. The van der Waals surface area contributed by atoms with Gasteiger partial charge in [-0.2, -0.15) is 0 Å². The van der Waals surface area contributed by atoms with E-state index in [4.69, 9.17) is 4.74 Å². The third kappa shape index (κ3) is 1.43. The van der Waals surface area contributed by atoms with Crippen LogP contribution in [0.1, 0.15) is 0 Å². The molecule has 0 saturated heterocycles. The Balaban J connectivity index is 2.88. The highest BCUT2D eigenvalue weighted by Gasteiger charge is 2.09. The monoisotopic (exact) mass is 352 g/mol. The summed E-state index contributed by atoms with van der Waals surface area (Å²) in [7, 11) is 1.62. The summed E-state index contributed by atoms with van der Waals surface area (Å²) in [5.74, 6) is 0.651. The molecule has 0 aliphatic carbocycles. The molecule has 13 heavy (non-hydrogen) atoms. The molecule has 0 amide bonds. The second-order valence-electron chi connectivity index (χ2n) is 2.50. The first-order valence-electron chi connectivity index (χ1n) is 3.59. The first-order chi connectivity index (χ1) is 6.24. The van der Waals surface area contributed by atoms with Crippen LogP contribution in [0, 0.1) is 0 Å². The van der Waals surface area contributed by atoms with E-state index in [0.29, 0.717) is 5.88 Å². The molecule has 0 aliphatic heterocycles. The smallest absolute Gasteiger partial charge is 0.239 e. The van der Waals surface area contributed by atoms with E-state index < -0.39 is 0 Å². The van der Waals surface area contributed by atoms with Crippen molar-refractivity contribution in [2.45, 2.75) is 0 Å². The molecule has 0 radical (unpaired) electrons. The van der Waals surface area contributed by atoms with E-state index in [1.54, 1.807) is 13.3 Å². The normalized spacial score (nSPS) is 10.7. The number of aromatic nitrogens is 2. The summed E-state index contributed by atoms with van der Waals surface area (Å²) in [6, 6.07) is 2.02. The Morgan fingerprint density at radius 1 is 1.62 bits per heavy atom. The van der Waals surface area contributed by atoms with E-state index in [0.717, 1.165) is 15.4 Å². The molecule has 2 aromatic heterocycles. The minimum atomic E-state index is 0.651. The number of methoxy groups -OCH3 is 1. The van der Waals surface area contributed by atoms with Gasteiger partial charge < -0.3 is 4.74 Å². The molecule has 3 nitrogen and oxygen atoms in total. The first-order valence-corrected chi connectivity index (χ1v) is 5.35. The van der Waals surface area contributed by atoms with E-state index in [9.17, 15) is 0 Å². The maximum atomic E-state index is 5.16. The molecule has 2 heterocycles. The van der Waals surface area contributed by atoms with Gasteiger partial charge in [0.2, 0.25) is 5.88 Å². The number of nitrogens with zero attached hydrogens (tertiary/aromatic N) is 2. The van der Waals surface area contributed by atoms with Crippen molar-refractivity contribution in [1.82, 2.24) is 7.76 Å². The first kappa shape index (κ1) is 9.26. The van der Waals surface area contributed by atoms with Crippen LogP contribution in [0.15, 0.2) is 22.9 Å². The fourth-order valence-corrected chi connectivity index (χ4v) is 2.25. The topological polar surface area (TPSA) is 27.1 Å². The second kappa shape index (κ2) is 3.45. The van der Waals surface area contributed by atoms with Crippen LogP contribution in [-0.4, -0.2) is 14.9 Å². The van der Waals surface area contributed by atoms with Crippen LogP contribution in [0.4, 0.5) is 0 Å². The summed E-state index contributed by atoms with van der Waals surface area (Å²) in [5, 5.41) is 1.11. The molecular formula is C8H6BrIN2O. The fourth-order valence-electron chi connectivity index (χ4n) is 1.20. The molecule has 0 N–H and O–H groups in total. The number of ether oxygens (including phenoxy) is 1. The Morgan fingerprint density at radius 2 is 2.38 bits per heavy atom. The lowest BCUT2D eigenvalue weighted by Crippen LogP contribution is -1.90. The maximum absolute atomic E-state index is 5.16. The van der Waals surface area contributed by atoms with Gasteiger partial charge in [0.15, 0.2) is 0 Å². The van der Waals surface area contributed by atoms with Crippen molar-refractivity contribution in [3.63, 3.8) is 0 Å². The largest absolute Gasteiger partial charge is 0.479 e. The van der Waals surface area contributed by atoms with Crippen molar-refractivity contribution in [3.05, 3.63) is 22.9 Å².